The van der Waals surface area contributed by atoms with Crippen LogP contribution in [0.4, 0.5) is 4.79 Å². The molecule has 1 aromatic carbocycles. The summed E-state index contributed by atoms with van der Waals surface area (Å²) in [6, 6.07) is 6.19. The topological polar surface area (TPSA) is 172 Å². The number of carboxylic acid groups (broad SMARTS) is 1. The zero-order valence-electron chi connectivity index (χ0n) is 36.4. The Balaban J connectivity index is 2.29. The maximum Gasteiger partial charge on any atom is 0.410 e. The van der Waals surface area contributed by atoms with Gasteiger partial charge < -0.3 is 39.3 Å². The predicted octanol–water partition coefficient (Wildman–Crippen LogP) is 5.06. The molecule has 1 aromatic rings. The highest BCUT2D eigenvalue weighted by Crippen LogP contribution is 2.31. The van der Waals surface area contributed by atoms with Gasteiger partial charge in [-0.2, -0.15) is 0 Å². The van der Waals surface area contributed by atoms with Gasteiger partial charge in [-0.1, -0.05) is 85.2 Å². The smallest absolute Gasteiger partial charge is 0.410 e. The van der Waals surface area contributed by atoms with Crippen molar-refractivity contribution in [2.24, 2.45) is 29.6 Å². The number of rotatable bonds is 23. The Morgan fingerprint density at radius 1 is 0.895 bits per heavy atom. The number of ketones is 1. The number of likely N-dealkylation sites (tertiary alicyclic amines) is 1. The lowest BCUT2D eigenvalue weighted by Crippen LogP contribution is -2.55. The van der Waals surface area contributed by atoms with Crippen molar-refractivity contribution in [3.63, 3.8) is 0 Å². The molecule has 1 aliphatic heterocycles. The minimum Gasteiger partial charge on any atom is -0.480 e. The molecule has 0 aromatic heterocycles. The quantitative estimate of drug-likeness (QED) is 0.152. The molecule has 14 nitrogen and oxygen atoms in total. The van der Waals surface area contributed by atoms with E-state index in [0.29, 0.717) is 25.8 Å². The number of hydrogen-bond donors (Lipinski definition) is 2. The molecule has 0 spiro atoms. The number of nitrogens with zero attached hydrogens (tertiary/aromatic N) is 3. The summed E-state index contributed by atoms with van der Waals surface area (Å²) in [6.07, 6.45) is -0.0318. The van der Waals surface area contributed by atoms with E-state index in [2.05, 4.69) is 5.32 Å². The number of amides is 4. The second kappa shape index (κ2) is 23.4. The summed E-state index contributed by atoms with van der Waals surface area (Å²) in [5.41, 5.74) is 0.774. The van der Waals surface area contributed by atoms with Gasteiger partial charge in [-0.05, 0) is 43.1 Å². The lowest BCUT2D eigenvalue weighted by Gasteiger charge is -2.41. The van der Waals surface area contributed by atoms with E-state index in [4.69, 9.17) is 14.2 Å². The van der Waals surface area contributed by atoms with Crippen molar-refractivity contribution < 1.29 is 48.1 Å². The molecule has 322 valence electrons. The van der Waals surface area contributed by atoms with E-state index >= 15 is 0 Å². The van der Waals surface area contributed by atoms with Crippen molar-refractivity contribution >= 4 is 35.6 Å². The predicted molar refractivity (Wildman–Crippen MR) is 217 cm³/mol. The zero-order chi connectivity index (χ0) is 43.1. The zero-order valence-corrected chi connectivity index (χ0v) is 36.4. The summed E-state index contributed by atoms with van der Waals surface area (Å²) in [5.74, 6) is -4.28. The van der Waals surface area contributed by atoms with Gasteiger partial charge in [-0.3, -0.25) is 19.2 Å². The fourth-order valence-corrected chi connectivity index (χ4v) is 8.24. The Morgan fingerprint density at radius 3 is 2.04 bits per heavy atom. The highest BCUT2D eigenvalue weighted by molar-refractivity contribution is 5.92. The average molecular weight is 803 g/mol. The van der Waals surface area contributed by atoms with E-state index < -0.39 is 66.2 Å². The molecule has 0 saturated carbocycles. The maximum atomic E-state index is 14.4. The van der Waals surface area contributed by atoms with Crippen LogP contribution in [0, 0.1) is 29.6 Å². The van der Waals surface area contributed by atoms with Crippen molar-refractivity contribution in [1.82, 2.24) is 20.0 Å². The van der Waals surface area contributed by atoms with Gasteiger partial charge in [0.1, 0.15) is 6.04 Å². The Bertz CT molecular complexity index is 1470. The van der Waals surface area contributed by atoms with E-state index in [1.165, 1.54) is 26.2 Å². The molecule has 2 rings (SSSR count). The van der Waals surface area contributed by atoms with Crippen LogP contribution in [0.25, 0.3) is 0 Å². The van der Waals surface area contributed by atoms with E-state index in [9.17, 15) is 33.9 Å². The van der Waals surface area contributed by atoms with Crippen molar-refractivity contribution in [2.45, 2.75) is 130 Å². The van der Waals surface area contributed by atoms with Crippen LogP contribution in [0.3, 0.4) is 0 Å². The Kier molecular flexibility index (Phi) is 20.1. The first-order valence-electron chi connectivity index (χ1n) is 20.5. The third-order valence-corrected chi connectivity index (χ3v) is 11.6. The molecule has 1 fully saturated rings. The van der Waals surface area contributed by atoms with Gasteiger partial charge in [0.25, 0.3) is 0 Å². The third kappa shape index (κ3) is 13.2. The number of nitrogens with one attached hydrogen (secondary N) is 1. The van der Waals surface area contributed by atoms with Crippen LogP contribution in [0.1, 0.15) is 93.1 Å². The summed E-state index contributed by atoms with van der Waals surface area (Å²) >= 11 is 0. The largest absolute Gasteiger partial charge is 0.480 e. The summed E-state index contributed by atoms with van der Waals surface area (Å²) in [7, 11) is 6.24. The first-order valence-corrected chi connectivity index (χ1v) is 20.5. The first-order chi connectivity index (χ1) is 26.9. The van der Waals surface area contributed by atoms with E-state index in [1.807, 2.05) is 59.7 Å². The molecular weight excluding hydrogens is 732 g/mol. The number of methoxy groups -OCH3 is 2. The third-order valence-electron chi connectivity index (χ3n) is 11.6. The normalized spacial score (nSPS) is 18.5. The number of carbonyl (C=O) groups excluding carboxylic acids is 5. The second-order valence-corrected chi connectivity index (χ2v) is 16.2. The van der Waals surface area contributed by atoms with Gasteiger partial charge in [0, 0.05) is 53.6 Å². The number of benzene rings is 1. The van der Waals surface area contributed by atoms with Crippen LogP contribution in [0.5, 0.6) is 0 Å². The highest BCUT2D eigenvalue weighted by atomic mass is 16.6. The molecule has 1 unspecified atom stereocenters. The lowest BCUT2D eigenvalue weighted by molar-refractivity contribution is -0.149. The van der Waals surface area contributed by atoms with Crippen molar-refractivity contribution in [3.05, 3.63) is 35.9 Å². The number of aliphatic carboxylic acids is 1. The molecule has 4 amide bonds. The van der Waals surface area contributed by atoms with Crippen molar-refractivity contribution in [3.8, 4) is 0 Å². The minimum absolute atomic E-state index is 0.0418. The van der Waals surface area contributed by atoms with Crippen LogP contribution < -0.4 is 5.32 Å². The Labute approximate surface area is 340 Å². The van der Waals surface area contributed by atoms with Crippen LogP contribution in [0.2, 0.25) is 0 Å². The molecule has 1 saturated heterocycles. The van der Waals surface area contributed by atoms with E-state index in [-0.39, 0.29) is 61.2 Å². The van der Waals surface area contributed by atoms with Crippen LogP contribution in [-0.4, -0.2) is 133 Å². The number of Topliss-reactive ketones (excluding diaryl/α,β-unsaturated/α-hetero) is 1. The molecule has 0 bridgehead atoms. The summed E-state index contributed by atoms with van der Waals surface area (Å²) in [6.45, 7) is 15.5. The number of carbonyl (C=O) groups is 6. The molecule has 1 heterocycles. The number of carboxylic acids is 1. The standard InChI is InChI=1S/C43H70N4O10/c1-13-28(7)38(45(9)41(51)31(26(3)4)24-34(48)37(27(5)6)46(10)43(54)57-14-2)35(55-11)25-36(49)47-22-18-21-33(47)39(56-12)29(8)40(50)44-32(42(52)53)23-30-19-16-15-17-20-30/h15-17,19-20,26-29,31-33,35,37-39H,13-14,18,21-25H2,1-12H3,(H,44,50)(H,52,53)/t28-,29+,31-,32-,33-,35?,37-,38-,39+/m0/s1. The lowest BCUT2D eigenvalue weighted by atomic mass is 9.83. The molecular formula is C43H70N4O10. The Hall–Kier alpha value is -4.04. The van der Waals surface area contributed by atoms with Crippen molar-refractivity contribution in [1.29, 1.82) is 0 Å². The van der Waals surface area contributed by atoms with Crippen LogP contribution in [-0.2, 0) is 44.6 Å². The number of ether oxygens (including phenoxy) is 3. The average Bonchev–Trinajstić information content (AvgIpc) is 3.66. The van der Waals surface area contributed by atoms with Gasteiger partial charge >= 0.3 is 12.1 Å². The number of hydrogen-bond acceptors (Lipinski definition) is 9. The molecule has 2 N–H and O–H groups in total. The fraction of sp³-hybridized carbons (Fsp3) is 0.721. The van der Waals surface area contributed by atoms with Gasteiger partial charge in [0.05, 0.1) is 49.3 Å². The number of likely N-dealkylation sites (N-methyl/N-ethyl adjacent to an activating group) is 2. The van der Waals surface area contributed by atoms with Crippen molar-refractivity contribution in [2.75, 3.05) is 41.5 Å². The first kappa shape index (κ1) is 49.1. The van der Waals surface area contributed by atoms with Gasteiger partial charge in [0.15, 0.2) is 5.78 Å². The van der Waals surface area contributed by atoms with E-state index in [0.717, 1.165) is 5.56 Å². The van der Waals surface area contributed by atoms with Gasteiger partial charge in [-0.15, -0.1) is 0 Å². The summed E-state index contributed by atoms with van der Waals surface area (Å²) in [5, 5.41) is 12.6. The summed E-state index contributed by atoms with van der Waals surface area (Å²) < 4.78 is 17.0. The molecule has 57 heavy (non-hydrogen) atoms. The molecule has 1 aliphatic rings. The minimum atomic E-state index is -1.15. The van der Waals surface area contributed by atoms with E-state index in [1.54, 1.807) is 42.8 Å². The Morgan fingerprint density at radius 2 is 1.53 bits per heavy atom. The molecule has 0 radical (unpaired) electrons. The van der Waals surface area contributed by atoms with Gasteiger partial charge in [0.2, 0.25) is 17.7 Å². The molecule has 14 heteroatoms. The maximum absolute atomic E-state index is 14.4. The van der Waals surface area contributed by atoms with Crippen LogP contribution in [0.15, 0.2) is 30.3 Å². The molecule has 0 aliphatic carbocycles. The SMILES string of the molecule is CCOC(=O)N(C)[C@H](C(=O)C[C@H](C(=O)N(C)[C@H](C(CC(=O)N1CCC[C@H]1[C@H](OC)[C@@H](C)C(=O)N[C@@H](Cc1ccccc1)C(=O)O)OC)[C@@H](C)CC)C(C)C)C(C)C. The summed E-state index contributed by atoms with van der Waals surface area (Å²) in [4.78, 5) is 85.3. The second-order valence-electron chi connectivity index (χ2n) is 16.2. The monoisotopic (exact) mass is 803 g/mol. The van der Waals surface area contributed by atoms with Crippen LogP contribution >= 0.6 is 0 Å². The highest BCUT2D eigenvalue weighted by Gasteiger charge is 2.44. The van der Waals surface area contributed by atoms with Gasteiger partial charge in [-0.25, -0.2) is 9.59 Å². The fourth-order valence-electron chi connectivity index (χ4n) is 8.24. The molecule has 9 atom stereocenters.